The van der Waals surface area contributed by atoms with E-state index >= 15 is 0 Å². The number of hydrogen-bond acceptors (Lipinski definition) is 12. The first kappa shape index (κ1) is 48.5. The average Bonchev–Trinajstić information content (AvgIpc) is 3.42. The van der Waals surface area contributed by atoms with Gasteiger partial charge in [0, 0.05) is 103 Å². The Bertz CT molecular complexity index is 2600. The first-order valence-corrected chi connectivity index (χ1v) is 25.7. The molecule has 3 saturated carbocycles. The van der Waals surface area contributed by atoms with Crippen molar-refractivity contribution < 1.29 is 28.4 Å². The lowest BCUT2D eigenvalue weighted by Gasteiger charge is -2.26. The van der Waals surface area contributed by atoms with E-state index in [1.54, 1.807) is 42.7 Å². The summed E-state index contributed by atoms with van der Waals surface area (Å²) in [7, 11) is 10.3. The molecule has 0 N–H and O–H groups in total. The molecule has 12 nitrogen and oxygen atoms in total. The first-order valence-electron chi connectivity index (χ1n) is 25.7. The van der Waals surface area contributed by atoms with E-state index in [1.165, 1.54) is 0 Å². The van der Waals surface area contributed by atoms with Gasteiger partial charge < -0.3 is 28.4 Å². The van der Waals surface area contributed by atoms with E-state index in [1.807, 2.05) is 37.3 Å². The largest absolute Gasteiger partial charge is 0.495 e. The van der Waals surface area contributed by atoms with E-state index < -0.39 is 0 Å². The number of nitrogens with zero attached hydrogens (tertiary/aromatic N) is 6. The van der Waals surface area contributed by atoms with Crippen LogP contribution in [0.3, 0.4) is 0 Å². The Hall–Kier alpha value is -7.08. The topological polar surface area (TPSA) is 130 Å². The molecule has 0 radical (unpaired) electrons. The molecule has 3 fully saturated rings. The lowest BCUT2D eigenvalue weighted by molar-refractivity contribution is 0.389. The van der Waals surface area contributed by atoms with Crippen LogP contribution < -0.4 is 28.4 Å². The lowest BCUT2D eigenvalue weighted by atomic mass is 9.91. The molecule has 6 atom stereocenters. The molecule has 6 aromatic rings. The van der Waals surface area contributed by atoms with Crippen LogP contribution in [0, 0.1) is 0 Å². The summed E-state index contributed by atoms with van der Waals surface area (Å²) in [6.45, 7) is 0. The monoisotopic (exact) mass is 967 g/mol. The van der Waals surface area contributed by atoms with Gasteiger partial charge in [0.2, 0.25) is 0 Å². The molecule has 6 aromatic carbocycles. The molecule has 7 heterocycles. The van der Waals surface area contributed by atoms with E-state index in [9.17, 15) is 0 Å². The summed E-state index contributed by atoms with van der Waals surface area (Å²) >= 11 is 0. The van der Waals surface area contributed by atoms with Crippen molar-refractivity contribution in [3.05, 3.63) is 106 Å². The minimum Gasteiger partial charge on any atom is -0.495 e. The Balaban J connectivity index is 1.06. The highest BCUT2D eigenvalue weighted by Crippen LogP contribution is 2.40. The molecule has 72 heavy (non-hydrogen) atoms. The molecule has 0 spiro atoms. The van der Waals surface area contributed by atoms with Crippen molar-refractivity contribution in [3.8, 4) is 34.5 Å². The normalized spacial score (nSPS) is 22.4. The van der Waals surface area contributed by atoms with Crippen molar-refractivity contribution in [2.75, 3.05) is 42.7 Å². The second-order valence-corrected chi connectivity index (χ2v) is 19.3. The van der Waals surface area contributed by atoms with Gasteiger partial charge in [-0.1, -0.05) is 38.5 Å². The Morgan fingerprint density at radius 2 is 0.403 bits per heavy atom. The van der Waals surface area contributed by atoms with Crippen molar-refractivity contribution in [3.63, 3.8) is 0 Å². The molecule has 7 aliphatic heterocycles. The summed E-state index contributed by atoms with van der Waals surface area (Å²) in [5.74, 6) is 4.50. The molecule has 0 amide bonds. The standard InChI is InChI=1S/C60H66N6O6/c1-67-55-37-19-26-44-43(55)25-20-38(56(44)68-2)32-62-51-15-9-10-16-52(51)64-34-40-23-29-48-47(58(40)70-4)30-24-42(60(48)72-6)36-66-54-18-12-11-17-53(54)65-35-41-22-28-45-46(59(41)71-5)27-21-39(57(45)69-3)33-63-50-14-8-7-13-49(50)61-31-37/h19-36,49-54H,7-18H2,1-6H3/t49-,50-,51-,52-,53-,54-/m1/s1. The van der Waals surface area contributed by atoms with Crippen LogP contribution in [-0.2, 0) is 0 Å². The Morgan fingerprint density at radius 3 is 0.542 bits per heavy atom. The molecular weight excluding hydrogens is 901 g/mol. The van der Waals surface area contributed by atoms with Gasteiger partial charge in [-0.25, -0.2) is 0 Å². The van der Waals surface area contributed by atoms with Gasteiger partial charge in [-0.3, -0.25) is 30.0 Å². The third kappa shape index (κ3) is 9.67. The van der Waals surface area contributed by atoms with E-state index in [0.717, 1.165) is 177 Å². The van der Waals surface area contributed by atoms with Crippen molar-refractivity contribution in [1.82, 2.24) is 0 Å². The van der Waals surface area contributed by atoms with E-state index in [0.29, 0.717) is 0 Å². The van der Waals surface area contributed by atoms with Crippen molar-refractivity contribution in [1.29, 1.82) is 0 Å². The number of methoxy groups -OCH3 is 6. The quantitative estimate of drug-likeness (QED) is 0.163. The fraction of sp³-hybridized carbons (Fsp3) is 0.400. The van der Waals surface area contributed by atoms with Crippen LogP contribution in [0.25, 0.3) is 32.3 Å². The highest BCUT2D eigenvalue weighted by Gasteiger charge is 2.27. The number of benzene rings is 6. The summed E-state index contributed by atoms with van der Waals surface area (Å²) in [5.41, 5.74) is 5.42. The van der Waals surface area contributed by atoms with Gasteiger partial charge in [0.25, 0.3) is 0 Å². The molecule has 12 bridgehead atoms. The predicted octanol–water partition coefficient (Wildman–Crippen LogP) is 12.1. The van der Waals surface area contributed by atoms with Crippen LogP contribution in [0.5, 0.6) is 34.5 Å². The smallest absolute Gasteiger partial charge is 0.135 e. The summed E-state index contributed by atoms with van der Waals surface area (Å²) in [6.07, 6.45) is 24.1. The van der Waals surface area contributed by atoms with Crippen LogP contribution in [0.2, 0.25) is 0 Å². The van der Waals surface area contributed by atoms with Crippen LogP contribution >= 0.6 is 0 Å². The molecule has 10 aliphatic rings. The van der Waals surface area contributed by atoms with E-state index in [2.05, 4.69) is 72.8 Å². The van der Waals surface area contributed by atoms with Gasteiger partial charge in [0.05, 0.1) is 78.9 Å². The molecule has 16 rings (SSSR count). The summed E-state index contributed by atoms with van der Waals surface area (Å²) in [5, 5.41) is 5.67. The van der Waals surface area contributed by atoms with Crippen molar-refractivity contribution in [2.45, 2.75) is 113 Å². The number of aliphatic imine (C=N–C) groups is 6. The zero-order valence-corrected chi connectivity index (χ0v) is 42.5. The predicted molar refractivity (Wildman–Crippen MR) is 295 cm³/mol. The summed E-state index contributed by atoms with van der Waals surface area (Å²) in [6, 6.07) is 25.1. The summed E-state index contributed by atoms with van der Waals surface area (Å²) < 4.78 is 36.7. The molecule has 0 aromatic heterocycles. The maximum absolute atomic E-state index is 6.12. The van der Waals surface area contributed by atoms with Gasteiger partial charge in [-0.05, 0) is 111 Å². The Kier molecular flexibility index (Phi) is 14.9. The Morgan fingerprint density at radius 1 is 0.250 bits per heavy atom. The zero-order chi connectivity index (χ0) is 49.6. The first-order chi connectivity index (χ1) is 35.4. The second-order valence-electron chi connectivity index (χ2n) is 19.3. The maximum Gasteiger partial charge on any atom is 0.135 e. The fourth-order valence-corrected chi connectivity index (χ4v) is 11.5. The average molecular weight is 967 g/mol. The maximum atomic E-state index is 6.12. The molecule has 372 valence electrons. The Labute approximate surface area is 423 Å². The fourth-order valence-electron chi connectivity index (χ4n) is 11.5. The number of hydrogen-bond donors (Lipinski definition) is 0. The molecular formula is C60H66N6O6. The van der Waals surface area contributed by atoms with Crippen LogP contribution in [-0.4, -0.2) is 116 Å². The van der Waals surface area contributed by atoms with Gasteiger partial charge in [0.1, 0.15) is 34.5 Å². The lowest BCUT2D eigenvalue weighted by Crippen LogP contribution is -2.27. The van der Waals surface area contributed by atoms with Gasteiger partial charge in [0.15, 0.2) is 0 Å². The highest BCUT2D eigenvalue weighted by atomic mass is 16.5. The van der Waals surface area contributed by atoms with Crippen LogP contribution in [0.15, 0.2) is 103 Å². The third-order valence-electron chi connectivity index (χ3n) is 15.2. The van der Waals surface area contributed by atoms with Crippen molar-refractivity contribution >= 4 is 69.6 Å². The molecule has 12 heteroatoms. The zero-order valence-electron chi connectivity index (χ0n) is 42.5. The minimum absolute atomic E-state index is 0.0195. The minimum atomic E-state index is 0.0195. The number of rotatable bonds is 6. The van der Waals surface area contributed by atoms with E-state index in [-0.39, 0.29) is 36.3 Å². The second kappa shape index (κ2) is 22.1. The van der Waals surface area contributed by atoms with Gasteiger partial charge >= 0.3 is 0 Å². The molecule has 3 aliphatic carbocycles. The van der Waals surface area contributed by atoms with Crippen LogP contribution in [0.1, 0.15) is 110 Å². The SMILES string of the molecule is COc1c2ccc3c(OC)c(ccc13)C=N[C@@H]1CCCC[C@H]1N=Cc1ccc3c(OC)c(ccc3c1OC)C=N[C@@H]1CCCC[C@H]1N=Cc1ccc3c(OC)c(ccc3c1OC)C=N[C@@H]1CCCC[C@H]1N=C2. The molecule has 0 unspecified atom stereocenters. The van der Waals surface area contributed by atoms with Crippen molar-refractivity contribution in [2.24, 2.45) is 30.0 Å². The number of ether oxygens (including phenoxy) is 6. The van der Waals surface area contributed by atoms with E-state index in [4.69, 9.17) is 58.4 Å². The molecule has 0 saturated heterocycles. The summed E-state index contributed by atoms with van der Waals surface area (Å²) in [4.78, 5) is 31.2. The van der Waals surface area contributed by atoms with Gasteiger partial charge in [-0.15, -0.1) is 0 Å². The van der Waals surface area contributed by atoms with Crippen LogP contribution in [0.4, 0.5) is 0 Å². The van der Waals surface area contributed by atoms with Gasteiger partial charge in [-0.2, -0.15) is 0 Å². The highest BCUT2D eigenvalue weighted by molar-refractivity contribution is 6.06. The third-order valence-corrected chi connectivity index (χ3v) is 15.2.